The molecule has 0 unspecified atom stereocenters. The molecule has 2 aromatic carbocycles. The molecule has 3 aliphatic rings. The van der Waals surface area contributed by atoms with Crippen LogP contribution in [0.1, 0.15) is 30.5 Å². The normalized spacial score (nSPS) is 26.0. The molecule has 0 N–H and O–H groups in total. The summed E-state index contributed by atoms with van der Waals surface area (Å²) in [6.45, 7) is 4.06. The molecule has 2 aromatic rings. The lowest BCUT2D eigenvalue weighted by molar-refractivity contribution is -0.126. The lowest BCUT2D eigenvalue weighted by Gasteiger charge is -2.29. The number of rotatable bonds is 4. The van der Waals surface area contributed by atoms with Crippen LogP contribution in [0.2, 0.25) is 0 Å². The summed E-state index contributed by atoms with van der Waals surface area (Å²) in [5, 5.41) is 13.3. The Balaban J connectivity index is 1.51. The van der Waals surface area contributed by atoms with E-state index in [2.05, 4.69) is 16.1 Å². The van der Waals surface area contributed by atoms with Crippen LogP contribution in [-0.2, 0) is 9.59 Å². The van der Waals surface area contributed by atoms with E-state index in [0.29, 0.717) is 23.6 Å². The molecular formula is C23H22N4O3. The number of carbonyl (C=O) groups excluding carboxylic acids is 2. The first-order valence-electron chi connectivity index (χ1n) is 10.3. The van der Waals surface area contributed by atoms with Gasteiger partial charge in [-0.1, -0.05) is 12.1 Å². The van der Waals surface area contributed by atoms with E-state index >= 15 is 0 Å². The topological polar surface area (TPSA) is 76.9 Å². The number of anilines is 1. The Kier molecular flexibility index (Phi) is 4.54. The Morgan fingerprint density at radius 3 is 2.27 bits per heavy atom. The van der Waals surface area contributed by atoms with Crippen LogP contribution in [0.3, 0.4) is 0 Å². The number of ether oxygens (including phenoxy) is 1. The second-order valence-corrected chi connectivity index (χ2v) is 7.77. The minimum Gasteiger partial charge on any atom is -0.494 e. The van der Waals surface area contributed by atoms with Crippen molar-refractivity contribution >= 4 is 17.5 Å². The molecular weight excluding hydrogens is 380 g/mol. The number of nitriles is 1. The largest absolute Gasteiger partial charge is 0.494 e. The summed E-state index contributed by atoms with van der Waals surface area (Å²) in [5.74, 6) is -0.0888. The Morgan fingerprint density at radius 2 is 1.63 bits per heavy atom. The van der Waals surface area contributed by atoms with Crippen molar-refractivity contribution in [1.82, 2.24) is 10.0 Å². The summed E-state index contributed by atoms with van der Waals surface area (Å²) in [6, 6.07) is 15.9. The molecule has 5 rings (SSSR count). The van der Waals surface area contributed by atoms with Crippen molar-refractivity contribution in [2.24, 2.45) is 5.92 Å². The number of hydrogen-bond donors (Lipinski definition) is 0. The first kappa shape index (κ1) is 18.8. The molecule has 0 radical (unpaired) electrons. The summed E-state index contributed by atoms with van der Waals surface area (Å²) >= 11 is 0. The average Bonchev–Trinajstić information content (AvgIpc) is 3.41. The van der Waals surface area contributed by atoms with Crippen LogP contribution in [0.4, 0.5) is 5.69 Å². The van der Waals surface area contributed by atoms with E-state index in [1.54, 1.807) is 36.4 Å². The van der Waals surface area contributed by atoms with Crippen molar-refractivity contribution in [3.8, 4) is 11.8 Å². The predicted molar refractivity (Wildman–Crippen MR) is 109 cm³/mol. The monoisotopic (exact) mass is 402 g/mol. The van der Waals surface area contributed by atoms with Crippen LogP contribution < -0.4 is 9.64 Å². The second kappa shape index (κ2) is 7.24. The van der Waals surface area contributed by atoms with Gasteiger partial charge in [0.25, 0.3) is 5.91 Å². The van der Waals surface area contributed by atoms with E-state index in [1.165, 1.54) is 4.90 Å². The van der Waals surface area contributed by atoms with Gasteiger partial charge in [0.15, 0.2) is 0 Å². The maximum Gasteiger partial charge on any atom is 0.253 e. The molecule has 30 heavy (non-hydrogen) atoms. The fourth-order valence-electron chi connectivity index (χ4n) is 4.98. The molecule has 3 heterocycles. The second-order valence-electron chi connectivity index (χ2n) is 7.77. The SMILES string of the molecule is CCOc1ccc(N2C(=O)[C@@H]3[C@@H](C2=O)N2CCCN2[C@H]3c2ccc(C#N)cc2)cc1. The van der Waals surface area contributed by atoms with Gasteiger partial charge in [-0.2, -0.15) is 5.26 Å². The number of hydrazine groups is 1. The third-order valence-electron chi connectivity index (χ3n) is 6.19. The summed E-state index contributed by atoms with van der Waals surface area (Å²) in [7, 11) is 0. The minimum atomic E-state index is -0.479. The van der Waals surface area contributed by atoms with E-state index in [4.69, 9.17) is 10.00 Å². The lowest BCUT2D eigenvalue weighted by atomic mass is 9.89. The maximum absolute atomic E-state index is 13.5. The summed E-state index contributed by atoms with van der Waals surface area (Å²) < 4.78 is 5.48. The van der Waals surface area contributed by atoms with Crippen molar-refractivity contribution in [3.63, 3.8) is 0 Å². The van der Waals surface area contributed by atoms with Gasteiger partial charge >= 0.3 is 0 Å². The van der Waals surface area contributed by atoms with Gasteiger partial charge in [-0.3, -0.25) is 9.59 Å². The average molecular weight is 402 g/mol. The van der Waals surface area contributed by atoms with Gasteiger partial charge in [0.2, 0.25) is 5.91 Å². The van der Waals surface area contributed by atoms with Gasteiger partial charge in [0.05, 0.1) is 35.9 Å². The van der Waals surface area contributed by atoms with Crippen molar-refractivity contribution < 1.29 is 14.3 Å². The van der Waals surface area contributed by atoms with Crippen LogP contribution in [0.15, 0.2) is 48.5 Å². The highest BCUT2D eigenvalue weighted by Gasteiger charge is 2.62. The summed E-state index contributed by atoms with van der Waals surface area (Å²) in [5.41, 5.74) is 2.12. The summed E-state index contributed by atoms with van der Waals surface area (Å²) in [6.07, 6.45) is 0.959. The van der Waals surface area contributed by atoms with E-state index < -0.39 is 12.0 Å². The molecule has 3 saturated heterocycles. The van der Waals surface area contributed by atoms with E-state index in [0.717, 1.165) is 25.1 Å². The van der Waals surface area contributed by atoms with Crippen molar-refractivity contribution in [1.29, 1.82) is 5.26 Å². The molecule has 0 bridgehead atoms. The summed E-state index contributed by atoms with van der Waals surface area (Å²) in [4.78, 5) is 28.2. The highest BCUT2D eigenvalue weighted by molar-refractivity contribution is 6.24. The minimum absolute atomic E-state index is 0.169. The molecule has 3 fully saturated rings. The Bertz CT molecular complexity index is 1030. The zero-order chi connectivity index (χ0) is 20.8. The molecule has 7 nitrogen and oxygen atoms in total. The van der Waals surface area contributed by atoms with Crippen LogP contribution in [0.25, 0.3) is 0 Å². The van der Waals surface area contributed by atoms with Gasteiger partial charge in [-0.15, -0.1) is 0 Å². The smallest absolute Gasteiger partial charge is 0.253 e. The number of hydrogen-bond acceptors (Lipinski definition) is 6. The van der Waals surface area contributed by atoms with Gasteiger partial charge < -0.3 is 4.74 Å². The van der Waals surface area contributed by atoms with Crippen molar-refractivity contribution in [2.75, 3.05) is 24.6 Å². The maximum atomic E-state index is 13.5. The number of carbonyl (C=O) groups is 2. The fourth-order valence-corrected chi connectivity index (χ4v) is 4.98. The molecule has 7 heteroatoms. The van der Waals surface area contributed by atoms with Crippen LogP contribution in [-0.4, -0.2) is 47.6 Å². The lowest BCUT2D eigenvalue weighted by Crippen LogP contribution is -2.44. The first-order chi connectivity index (χ1) is 14.6. The van der Waals surface area contributed by atoms with Crippen LogP contribution in [0, 0.1) is 17.2 Å². The predicted octanol–water partition coefficient (Wildman–Crippen LogP) is 2.49. The molecule has 3 aliphatic heterocycles. The van der Waals surface area contributed by atoms with Gasteiger partial charge in [0.1, 0.15) is 11.8 Å². The van der Waals surface area contributed by atoms with Crippen LogP contribution >= 0.6 is 0 Å². The highest BCUT2D eigenvalue weighted by Crippen LogP contribution is 2.48. The molecule has 0 spiro atoms. The third-order valence-corrected chi connectivity index (χ3v) is 6.19. The number of fused-ring (bicyclic) bond motifs is 3. The van der Waals surface area contributed by atoms with E-state index in [9.17, 15) is 9.59 Å². The quantitative estimate of drug-likeness (QED) is 0.732. The standard InChI is InChI=1S/C23H22N4O3/c1-2-30-18-10-8-17(9-11-18)27-22(28)19-20(16-6-4-15(14-24)5-7-16)25-12-3-13-26(25)21(19)23(27)29/h4-11,19-21H,2-3,12-13H2,1H3/t19-,20-,21-/m0/s1. The van der Waals surface area contributed by atoms with Gasteiger partial charge in [0, 0.05) is 13.1 Å². The van der Waals surface area contributed by atoms with E-state index in [1.807, 2.05) is 19.1 Å². The Hall–Kier alpha value is -3.21. The Labute approximate surface area is 175 Å². The fraction of sp³-hybridized carbons (Fsp3) is 0.348. The molecule has 2 amide bonds. The molecule has 152 valence electrons. The first-order valence-corrected chi connectivity index (χ1v) is 10.3. The molecule has 3 atom stereocenters. The van der Waals surface area contributed by atoms with Crippen molar-refractivity contribution in [2.45, 2.75) is 25.4 Å². The van der Waals surface area contributed by atoms with Crippen molar-refractivity contribution in [3.05, 3.63) is 59.7 Å². The number of nitrogens with zero attached hydrogens (tertiary/aromatic N) is 4. The Morgan fingerprint density at radius 1 is 0.967 bits per heavy atom. The number of benzene rings is 2. The number of imide groups is 1. The number of amides is 2. The van der Waals surface area contributed by atoms with Crippen LogP contribution in [0.5, 0.6) is 5.75 Å². The molecule has 0 aliphatic carbocycles. The van der Waals surface area contributed by atoms with E-state index in [-0.39, 0.29) is 17.9 Å². The highest BCUT2D eigenvalue weighted by atomic mass is 16.5. The zero-order valence-electron chi connectivity index (χ0n) is 16.7. The third kappa shape index (κ3) is 2.72. The molecule has 0 saturated carbocycles. The van der Waals surface area contributed by atoms with Gasteiger partial charge in [-0.05, 0) is 55.3 Å². The molecule has 0 aromatic heterocycles. The zero-order valence-corrected chi connectivity index (χ0v) is 16.7. The van der Waals surface area contributed by atoms with Gasteiger partial charge in [-0.25, -0.2) is 14.9 Å².